The van der Waals surface area contributed by atoms with Gasteiger partial charge in [0.15, 0.2) is 46.5 Å². The summed E-state index contributed by atoms with van der Waals surface area (Å²) in [6, 6.07) is 6.70. The smallest absolute Gasteiger partial charge is 0.199 e. The molecular weight excluding hydrogens is 406 g/mol. The summed E-state index contributed by atoms with van der Waals surface area (Å²) in [5, 5.41) is 0. The molecule has 0 amide bonds. The van der Waals surface area contributed by atoms with Crippen LogP contribution in [0.15, 0.2) is 30.3 Å². The van der Waals surface area contributed by atoms with Crippen molar-refractivity contribution < 1.29 is 35.1 Å². The van der Waals surface area contributed by atoms with Gasteiger partial charge in [0.2, 0.25) is 0 Å². The minimum absolute atomic E-state index is 0.0651. The van der Waals surface area contributed by atoms with Gasteiger partial charge in [-0.2, -0.15) is 0 Å². The van der Waals surface area contributed by atoms with Crippen LogP contribution in [0.25, 0.3) is 11.1 Å². The highest BCUT2D eigenvalue weighted by Crippen LogP contribution is 2.43. The standard InChI is InChI=1S/C20H9F8N/c21-11-5-10(13(22)16(25)14(11)23)12-15(24)17(26)18(27)19(28)20(12)29-6-8-3-1-2-4-9(8)7-29/h1-5H,6-7H2. The second kappa shape index (κ2) is 6.75. The lowest BCUT2D eigenvalue weighted by molar-refractivity contribution is 0.404. The minimum Gasteiger partial charge on any atom is -0.360 e. The lowest BCUT2D eigenvalue weighted by atomic mass is 9.99. The highest BCUT2D eigenvalue weighted by atomic mass is 19.2. The van der Waals surface area contributed by atoms with E-state index in [4.69, 9.17) is 0 Å². The van der Waals surface area contributed by atoms with Crippen molar-refractivity contribution in [1.82, 2.24) is 0 Å². The number of hydrogen-bond donors (Lipinski definition) is 0. The third-order valence-electron chi connectivity index (χ3n) is 4.77. The average Bonchev–Trinajstić information content (AvgIpc) is 3.14. The number of benzene rings is 3. The van der Waals surface area contributed by atoms with Gasteiger partial charge in [-0.15, -0.1) is 0 Å². The molecule has 150 valence electrons. The second-order valence-corrected chi connectivity index (χ2v) is 6.45. The summed E-state index contributed by atoms with van der Waals surface area (Å²) in [7, 11) is 0. The minimum atomic E-state index is -2.29. The normalized spacial score (nSPS) is 13.2. The Morgan fingerprint density at radius 3 is 1.69 bits per heavy atom. The molecule has 0 bridgehead atoms. The fourth-order valence-corrected chi connectivity index (χ4v) is 3.41. The van der Waals surface area contributed by atoms with E-state index in [1.54, 1.807) is 24.3 Å². The predicted octanol–water partition coefficient (Wildman–Crippen LogP) is 5.99. The monoisotopic (exact) mass is 415 g/mol. The fraction of sp³-hybridized carbons (Fsp3) is 0.100. The van der Waals surface area contributed by atoms with Crippen LogP contribution in [-0.2, 0) is 13.1 Å². The first-order valence-corrected chi connectivity index (χ1v) is 8.23. The Labute approximate surface area is 158 Å². The number of rotatable bonds is 2. The van der Waals surface area contributed by atoms with Crippen LogP contribution in [0.5, 0.6) is 0 Å². The Kier molecular flexibility index (Phi) is 4.48. The topological polar surface area (TPSA) is 3.24 Å². The number of anilines is 1. The van der Waals surface area contributed by atoms with Gasteiger partial charge in [-0.3, -0.25) is 0 Å². The van der Waals surface area contributed by atoms with E-state index in [2.05, 4.69) is 0 Å². The third kappa shape index (κ3) is 2.83. The summed E-state index contributed by atoms with van der Waals surface area (Å²) in [5.74, 6) is -16.8. The van der Waals surface area contributed by atoms with Gasteiger partial charge in [0.25, 0.3) is 0 Å². The average molecular weight is 415 g/mol. The van der Waals surface area contributed by atoms with E-state index < -0.39 is 63.4 Å². The van der Waals surface area contributed by atoms with Gasteiger partial charge in [-0.1, -0.05) is 24.3 Å². The highest BCUT2D eigenvalue weighted by Gasteiger charge is 2.34. The van der Waals surface area contributed by atoms with E-state index in [-0.39, 0.29) is 19.2 Å². The van der Waals surface area contributed by atoms with Crippen LogP contribution in [0.1, 0.15) is 11.1 Å². The Bertz CT molecular complexity index is 1130. The van der Waals surface area contributed by atoms with Crippen molar-refractivity contribution in [3.8, 4) is 11.1 Å². The molecule has 3 aromatic rings. The first-order chi connectivity index (χ1) is 13.7. The Morgan fingerprint density at radius 1 is 0.586 bits per heavy atom. The van der Waals surface area contributed by atoms with Crippen LogP contribution in [-0.4, -0.2) is 0 Å². The molecule has 0 saturated carbocycles. The van der Waals surface area contributed by atoms with Gasteiger partial charge in [-0.05, 0) is 17.2 Å². The largest absolute Gasteiger partial charge is 0.360 e. The summed E-state index contributed by atoms with van der Waals surface area (Å²) in [4.78, 5) is 1.07. The quantitative estimate of drug-likeness (QED) is 0.283. The third-order valence-corrected chi connectivity index (χ3v) is 4.77. The zero-order valence-corrected chi connectivity index (χ0v) is 14.3. The van der Waals surface area contributed by atoms with E-state index in [1.807, 2.05) is 0 Å². The second-order valence-electron chi connectivity index (χ2n) is 6.45. The summed E-state index contributed by atoms with van der Waals surface area (Å²) >= 11 is 0. The Balaban J connectivity index is 2.01. The van der Waals surface area contributed by atoms with E-state index in [0.29, 0.717) is 11.1 Å². The van der Waals surface area contributed by atoms with Crippen LogP contribution in [0.3, 0.4) is 0 Å². The van der Waals surface area contributed by atoms with Crippen molar-refractivity contribution in [3.63, 3.8) is 0 Å². The van der Waals surface area contributed by atoms with E-state index >= 15 is 0 Å². The van der Waals surface area contributed by atoms with Crippen LogP contribution in [0.4, 0.5) is 40.8 Å². The first-order valence-electron chi connectivity index (χ1n) is 8.23. The van der Waals surface area contributed by atoms with Crippen molar-refractivity contribution >= 4 is 5.69 Å². The van der Waals surface area contributed by atoms with E-state index in [9.17, 15) is 35.1 Å². The number of halogens is 8. The van der Waals surface area contributed by atoms with Crippen molar-refractivity contribution in [2.24, 2.45) is 0 Å². The van der Waals surface area contributed by atoms with E-state index in [1.165, 1.54) is 0 Å². The van der Waals surface area contributed by atoms with Crippen LogP contribution in [0, 0.1) is 46.5 Å². The number of hydrogen-bond acceptors (Lipinski definition) is 1. The molecule has 0 spiro atoms. The van der Waals surface area contributed by atoms with Gasteiger partial charge >= 0.3 is 0 Å². The predicted molar refractivity (Wildman–Crippen MR) is 87.9 cm³/mol. The zero-order valence-electron chi connectivity index (χ0n) is 14.3. The molecule has 0 aliphatic carbocycles. The molecule has 0 unspecified atom stereocenters. The molecule has 0 fully saturated rings. The van der Waals surface area contributed by atoms with Crippen LogP contribution >= 0.6 is 0 Å². The molecular formula is C20H9F8N. The molecule has 9 heteroatoms. The molecule has 1 aliphatic rings. The molecule has 1 nitrogen and oxygen atoms in total. The van der Waals surface area contributed by atoms with Crippen molar-refractivity contribution in [2.45, 2.75) is 13.1 Å². The summed E-state index contributed by atoms with van der Waals surface area (Å²) in [6.45, 7) is -0.170. The molecule has 0 aromatic heterocycles. The van der Waals surface area contributed by atoms with Crippen molar-refractivity contribution in [2.75, 3.05) is 4.90 Å². The lowest BCUT2D eigenvalue weighted by Gasteiger charge is -2.24. The fourth-order valence-electron chi connectivity index (χ4n) is 3.41. The summed E-state index contributed by atoms with van der Waals surface area (Å²) in [6.07, 6.45) is 0. The van der Waals surface area contributed by atoms with Gasteiger partial charge in [0.05, 0.1) is 11.3 Å². The summed E-state index contributed by atoms with van der Waals surface area (Å²) < 4.78 is 112. The van der Waals surface area contributed by atoms with Gasteiger partial charge in [0.1, 0.15) is 0 Å². The molecule has 0 radical (unpaired) electrons. The molecule has 4 rings (SSSR count). The van der Waals surface area contributed by atoms with Gasteiger partial charge in [-0.25, -0.2) is 35.1 Å². The molecule has 0 atom stereocenters. The Hall–Kier alpha value is -3.10. The molecule has 0 N–H and O–H groups in total. The number of nitrogens with zero attached hydrogens (tertiary/aromatic N) is 1. The molecule has 3 aromatic carbocycles. The molecule has 0 saturated heterocycles. The maximum atomic E-state index is 14.7. The van der Waals surface area contributed by atoms with Gasteiger partial charge < -0.3 is 4.90 Å². The maximum Gasteiger partial charge on any atom is 0.199 e. The Morgan fingerprint density at radius 2 is 1.10 bits per heavy atom. The van der Waals surface area contributed by atoms with Crippen molar-refractivity contribution in [1.29, 1.82) is 0 Å². The molecule has 29 heavy (non-hydrogen) atoms. The first kappa shape index (κ1) is 19.2. The summed E-state index contributed by atoms with van der Waals surface area (Å²) in [5.41, 5.74) is -2.14. The van der Waals surface area contributed by atoms with E-state index in [0.717, 1.165) is 4.90 Å². The number of fused-ring (bicyclic) bond motifs is 1. The highest BCUT2D eigenvalue weighted by molar-refractivity contribution is 5.81. The SMILES string of the molecule is Fc1cc(-c2c(F)c(F)c(F)c(F)c2N2Cc3ccccc3C2)c(F)c(F)c1F. The maximum absolute atomic E-state index is 14.7. The zero-order chi connectivity index (χ0) is 21.0. The van der Waals surface area contributed by atoms with Crippen LogP contribution < -0.4 is 4.90 Å². The lowest BCUT2D eigenvalue weighted by Crippen LogP contribution is -2.20. The van der Waals surface area contributed by atoms with Crippen LogP contribution in [0.2, 0.25) is 0 Å². The molecule has 1 aliphatic heterocycles. The van der Waals surface area contributed by atoms with Crippen molar-refractivity contribution in [3.05, 3.63) is 88.0 Å². The van der Waals surface area contributed by atoms with Gasteiger partial charge in [0, 0.05) is 18.7 Å². The molecule has 1 heterocycles.